The van der Waals surface area contributed by atoms with Gasteiger partial charge >= 0.3 is 0 Å². The van der Waals surface area contributed by atoms with Crippen LogP contribution in [0.1, 0.15) is 23.8 Å². The van der Waals surface area contributed by atoms with Crippen LogP contribution in [0.3, 0.4) is 0 Å². The smallest absolute Gasteiger partial charge is 0.153 e. The topological polar surface area (TPSA) is 23.5 Å². The quantitative estimate of drug-likeness (QED) is 0.833. The van der Waals surface area contributed by atoms with Gasteiger partial charge in [0, 0.05) is 6.54 Å². The summed E-state index contributed by atoms with van der Waals surface area (Å²) in [6, 6.07) is 14.2. The summed E-state index contributed by atoms with van der Waals surface area (Å²) in [5.74, 6) is 0. The fraction of sp³-hybridized carbons (Fsp3) is 0.333. The first kappa shape index (κ1) is 13.3. The van der Waals surface area contributed by atoms with Gasteiger partial charge in [0.05, 0.1) is 4.88 Å². The van der Waals surface area contributed by atoms with E-state index in [9.17, 15) is 5.11 Å². The largest absolute Gasteiger partial charge is 0.370 e. The molecule has 2 aromatic rings. The van der Waals surface area contributed by atoms with Crippen molar-refractivity contribution in [3.8, 4) is 0 Å². The Morgan fingerprint density at radius 1 is 1.17 bits per heavy atom. The Balaban J connectivity index is 2.18. The lowest BCUT2D eigenvalue weighted by molar-refractivity contribution is -0.107. The molecule has 0 aliphatic rings. The highest BCUT2D eigenvalue weighted by Gasteiger charge is 2.32. The molecule has 0 spiro atoms. The van der Waals surface area contributed by atoms with Gasteiger partial charge in [-0.15, -0.1) is 11.3 Å². The van der Waals surface area contributed by atoms with E-state index in [2.05, 4.69) is 12.1 Å². The first-order valence-electron chi connectivity index (χ1n) is 6.18. The fourth-order valence-electron chi connectivity index (χ4n) is 2.13. The lowest BCUT2D eigenvalue weighted by atomic mass is 10.1. The molecular weight excluding hydrogens is 242 g/mol. The predicted molar refractivity (Wildman–Crippen MR) is 76.4 cm³/mol. The van der Waals surface area contributed by atoms with Gasteiger partial charge in [0.25, 0.3) is 0 Å². The molecule has 1 aromatic heterocycles. The van der Waals surface area contributed by atoms with Gasteiger partial charge in [0.1, 0.15) is 0 Å². The van der Waals surface area contributed by atoms with E-state index in [0.29, 0.717) is 6.42 Å². The molecule has 0 amide bonds. The fourth-order valence-corrected chi connectivity index (χ4v) is 3.08. The standard InChI is InChI=1S/C15H19NOS/c1-3-15(17,14-10-7-11-18-14)16(2)12-13-8-5-4-6-9-13/h4-11,17H,3,12H2,1-2H3. The molecule has 0 aliphatic heterocycles. The van der Waals surface area contributed by atoms with Gasteiger partial charge < -0.3 is 5.11 Å². The van der Waals surface area contributed by atoms with Crippen molar-refractivity contribution in [3.05, 3.63) is 58.3 Å². The lowest BCUT2D eigenvalue weighted by Gasteiger charge is -2.36. The van der Waals surface area contributed by atoms with E-state index in [1.807, 2.05) is 54.6 Å². The minimum atomic E-state index is -0.871. The molecule has 18 heavy (non-hydrogen) atoms. The lowest BCUT2D eigenvalue weighted by Crippen LogP contribution is -2.42. The van der Waals surface area contributed by atoms with Crippen molar-refractivity contribution in [1.29, 1.82) is 0 Å². The first-order chi connectivity index (χ1) is 8.66. The van der Waals surface area contributed by atoms with Crippen LogP contribution in [-0.2, 0) is 12.3 Å². The molecule has 96 valence electrons. The molecule has 1 N–H and O–H groups in total. The van der Waals surface area contributed by atoms with Crippen molar-refractivity contribution >= 4 is 11.3 Å². The molecule has 0 saturated heterocycles. The van der Waals surface area contributed by atoms with Gasteiger partial charge in [-0.25, -0.2) is 0 Å². The molecule has 1 unspecified atom stereocenters. The van der Waals surface area contributed by atoms with E-state index in [1.165, 1.54) is 5.56 Å². The number of hydrogen-bond acceptors (Lipinski definition) is 3. The summed E-state index contributed by atoms with van der Waals surface area (Å²) in [4.78, 5) is 3.01. The number of thiophene rings is 1. The maximum absolute atomic E-state index is 10.8. The molecule has 1 atom stereocenters. The molecular formula is C15H19NOS. The van der Waals surface area contributed by atoms with E-state index < -0.39 is 5.72 Å². The number of rotatable bonds is 5. The maximum Gasteiger partial charge on any atom is 0.153 e. The van der Waals surface area contributed by atoms with Gasteiger partial charge in [-0.2, -0.15) is 0 Å². The van der Waals surface area contributed by atoms with Crippen LogP contribution in [0.5, 0.6) is 0 Å². The third-order valence-electron chi connectivity index (χ3n) is 3.30. The minimum absolute atomic E-state index is 0.677. The average Bonchev–Trinajstić information content (AvgIpc) is 2.93. The van der Waals surface area contributed by atoms with Crippen LogP contribution in [0.15, 0.2) is 47.8 Å². The highest BCUT2D eigenvalue weighted by molar-refractivity contribution is 7.10. The van der Waals surface area contributed by atoms with E-state index in [0.717, 1.165) is 11.4 Å². The van der Waals surface area contributed by atoms with Crippen LogP contribution >= 0.6 is 11.3 Å². The molecule has 0 aliphatic carbocycles. The third kappa shape index (κ3) is 2.64. The summed E-state index contributed by atoms with van der Waals surface area (Å²) in [6.07, 6.45) is 0.677. The zero-order valence-electron chi connectivity index (χ0n) is 10.8. The van der Waals surface area contributed by atoms with Gasteiger partial charge in [0.15, 0.2) is 5.72 Å². The van der Waals surface area contributed by atoms with E-state index in [1.54, 1.807) is 11.3 Å². The van der Waals surface area contributed by atoms with Crippen LogP contribution < -0.4 is 0 Å². The van der Waals surface area contributed by atoms with Crippen molar-refractivity contribution in [2.45, 2.75) is 25.6 Å². The summed E-state index contributed by atoms with van der Waals surface area (Å²) in [5, 5.41) is 12.9. The Morgan fingerprint density at radius 2 is 1.89 bits per heavy atom. The first-order valence-corrected chi connectivity index (χ1v) is 7.06. The molecule has 0 saturated carbocycles. The van der Waals surface area contributed by atoms with Crippen LogP contribution in [-0.4, -0.2) is 17.1 Å². The molecule has 2 rings (SSSR count). The predicted octanol–water partition coefficient (Wildman–Crippen LogP) is 3.44. The van der Waals surface area contributed by atoms with Crippen molar-refractivity contribution < 1.29 is 5.11 Å². The van der Waals surface area contributed by atoms with E-state index in [4.69, 9.17) is 0 Å². The SMILES string of the molecule is CCC(O)(c1cccs1)N(C)Cc1ccccc1. The zero-order chi connectivity index (χ0) is 13.0. The summed E-state index contributed by atoms with van der Waals surface area (Å²) in [7, 11) is 1.97. The van der Waals surface area contributed by atoms with Crippen molar-refractivity contribution in [1.82, 2.24) is 4.90 Å². The Kier molecular flexibility index (Phi) is 4.17. The van der Waals surface area contributed by atoms with E-state index >= 15 is 0 Å². The molecule has 1 aromatic carbocycles. The summed E-state index contributed by atoms with van der Waals surface area (Å²) in [6.45, 7) is 2.75. The molecule has 1 heterocycles. The second-order valence-electron chi connectivity index (χ2n) is 4.49. The highest BCUT2D eigenvalue weighted by atomic mass is 32.1. The second kappa shape index (κ2) is 5.65. The molecule has 0 radical (unpaired) electrons. The van der Waals surface area contributed by atoms with Gasteiger partial charge in [0.2, 0.25) is 0 Å². The Bertz CT molecular complexity index is 469. The van der Waals surface area contributed by atoms with Crippen LogP contribution in [0.25, 0.3) is 0 Å². The van der Waals surface area contributed by atoms with Crippen molar-refractivity contribution in [2.75, 3.05) is 7.05 Å². The highest BCUT2D eigenvalue weighted by Crippen LogP contribution is 2.32. The Morgan fingerprint density at radius 3 is 2.44 bits per heavy atom. The van der Waals surface area contributed by atoms with E-state index in [-0.39, 0.29) is 0 Å². The molecule has 3 heteroatoms. The number of benzene rings is 1. The zero-order valence-corrected chi connectivity index (χ0v) is 11.7. The second-order valence-corrected chi connectivity index (χ2v) is 5.44. The average molecular weight is 261 g/mol. The number of hydrogen-bond donors (Lipinski definition) is 1. The molecule has 0 fully saturated rings. The molecule has 0 bridgehead atoms. The Hall–Kier alpha value is -1.16. The van der Waals surface area contributed by atoms with Crippen LogP contribution in [0.2, 0.25) is 0 Å². The monoisotopic (exact) mass is 261 g/mol. The third-order valence-corrected chi connectivity index (χ3v) is 4.31. The normalized spacial score (nSPS) is 14.7. The number of nitrogens with zero attached hydrogens (tertiary/aromatic N) is 1. The van der Waals surface area contributed by atoms with Crippen LogP contribution in [0.4, 0.5) is 0 Å². The summed E-state index contributed by atoms with van der Waals surface area (Å²) >= 11 is 1.60. The summed E-state index contributed by atoms with van der Waals surface area (Å²) in [5.41, 5.74) is 0.340. The maximum atomic E-state index is 10.8. The minimum Gasteiger partial charge on any atom is -0.370 e. The van der Waals surface area contributed by atoms with Gasteiger partial charge in [-0.05, 0) is 30.5 Å². The van der Waals surface area contributed by atoms with Crippen molar-refractivity contribution in [3.63, 3.8) is 0 Å². The summed E-state index contributed by atoms with van der Waals surface area (Å²) < 4.78 is 0. The van der Waals surface area contributed by atoms with Crippen molar-refractivity contribution in [2.24, 2.45) is 0 Å². The van der Waals surface area contributed by atoms with Gasteiger partial charge in [-0.3, -0.25) is 4.90 Å². The molecule has 2 nitrogen and oxygen atoms in total. The van der Waals surface area contributed by atoms with Gasteiger partial charge in [-0.1, -0.05) is 43.3 Å². The number of aliphatic hydroxyl groups is 1. The Labute approximate surface area is 113 Å². The van der Waals surface area contributed by atoms with Crippen LogP contribution in [0, 0.1) is 0 Å².